The van der Waals surface area contributed by atoms with Crippen LogP contribution in [0.3, 0.4) is 0 Å². The first-order valence-electron chi connectivity index (χ1n) is 11.3. The monoisotopic (exact) mass is 440 g/mol. The molecule has 0 spiro atoms. The van der Waals surface area contributed by atoms with Gasteiger partial charge in [0.05, 0.1) is 24.5 Å². The van der Waals surface area contributed by atoms with Crippen molar-refractivity contribution in [3.05, 3.63) is 58.1 Å². The highest BCUT2D eigenvalue weighted by Gasteiger charge is 2.26. The van der Waals surface area contributed by atoms with Gasteiger partial charge in [0.15, 0.2) is 0 Å². The number of hydrogen-bond acceptors (Lipinski definition) is 4. The van der Waals surface area contributed by atoms with E-state index in [1.54, 1.807) is 10.9 Å². The van der Waals surface area contributed by atoms with Gasteiger partial charge in [0, 0.05) is 30.9 Å². The van der Waals surface area contributed by atoms with Gasteiger partial charge in [0.25, 0.3) is 5.56 Å². The molecule has 2 aliphatic rings. The molecule has 0 amide bonds. The normalized spacial score (nSPS) is 24.4. The molecule has 0 radical (unpaired) electrons. The molecule has 1 aliphatic heterocycles. The first kappa shape index (κ1) is 20.6. The second kappa shape index (κ2) is 9.05. The summed E-state index contributed by atoms with van der Waals surface area (Å²) in [6, 6.07) is 11.2. The van der Waals surface area contributed by atoms with Gasteiger partial charge in [0.2, 0.25) is 0 Å². The number of halogens is 1. The number of ether oxygens (including phenoxy) is 1. The van der Waals surface area contributed by atoms with E-state index in [1.165, 1.54) is 10.9 Å². The van der Waals surface area contributed by atoms with E-state index in [0.717, 1.165) is 58.3 Å². The quantitative estimate of drug-likeness (QED) is 0.603. The number of benzene rings is 1. The van der Waals surface area contributed by atoms with Gasteiger partial charge >= 0.3 is 0 Å². The number of nitrogens with zero attached hydrogens (tertiary/aromatic N) is 3. The lowest BCUT2D eigenvalue weighted by Gasteiger charge is -2.30. The summed E-state index contributed by atoms with van der Waals surface area (Å²) in [5.41, 5.74) is 1.71. The van der Waals surface area contributed by atoms with Gasteiger partial charge in [-0.15, -0.1) is 0 Å². The molecule has 1 saturated carbocycles. The second-order valence-corrected chi connectivity index (χ2v) is 9.21. The zero-order valence-electron chi connectivity index (χ0n) is 17.7. The van der Waals surface area contributed by atoms with Crippen LogP contribution in [0, 0.1) is 5.92 Å². The number of rotatable bonds is 5. The van der Waals surface area contributed by atoms with Crippen molar-refractivity contribution >= 4 is 28.2 Å². The van der Waals surface area contributed by atoms with Gasteiger partial charge in [-0.3, -0.25) is 4.79 Å². The van der Waals surface area contributed by atoms with Crippen LogP contribution >= 0.6 is 11.6 Å². The van der Waals surface area contributed by atoms with Gasteiger partial charge in [-0.05, 0) is 62.0 Å². The fraction of sp³-hybridized carbons (Fsp3) is 0.500. The molecule has 6 nitrogen and oxygen atoms in total. The van der Waals surface area contributed by atoms with E-state index < -0.39 is 0 Å². The SMILES string of the molecule is O=c1c(Cl)c(NC[C@@H]2CCCOC2)cnn1[C@H]1CC[C@H](n2ccc3ccccc32)CC1. The molecule has 1 aliphatic carbocycles. The Morgan fingerprint density at radius 1 is 1.10 bits per heavy atom. The van der Waals surface area contributed by atoms with E-state index in [2.05, 4.69) is 51.5 Å². The molecule has 164 valence electrons. The molecule has 1 atom stereocenters. The van der Waals surface area contributed by atoms with Crippen LogP contribution in [0.1, 0.15) is 50.6 Å². The number of nitrogens with one attached hydrogen (secondary N) is 1. The van der Waals surface area contributed by atoms with Crippen LogP contribution in [-0.2, 0) is 4.74 Å². The largest absolute Gasteiger partial charge is 0.382 e. The molecule has 0 unspecified atom stereocenters. The minimum atomic E-state index is -0.193. The zero-order valence-corrected chi connectivity index (χ0v) is 18.4. The predicted molar refractivity (Wildman–Crippen MR) is 124 cm³/mol. The van der Waals surface area contributed by atoms with E-state index in [1.807, 2.05) is 0 Å². The van der Waals surface area contributed by atoms with Gasteiger partial charge < -0.3 is 14.6 Å². The third-order valence-electron chi connectivity index (χ3n) is 6.81. The number of anilines is 1. The zero-order chi connectivity index (χ0) is 21.2. The van der Waals surface area contributed by atoms with Crippen molar-refractivity contribution in [2.75, 3.05) is 25.1 Å². The third kappa shape index (κ3) is 4.23. The van der Waals surface area contributed by atoms with Crippen molar-refractivity contribution in [1.82, 2.24) is 14.3 Å². The molecule has 0 bridgehead atoms. The topological polar surface area (TPSA) is 61.1 Å². The standard InChI is InChI=1S/C24H29ClN4O2/c25-23-21(26-14-17-4-3-13-31-16-17)15-27-29(24(23)30)20-9-7-19(8-10-20)28-12-11-18-5-1-2-6-22(18)28/h1-2,5-6,11-12,15,17,19-20,26H,3-4,7-10,13-14,16H2/t17-,19-,20-/m0/s1. The number of hydrogen-bond donors (Lipinski definition) is 1. The molecule has 31 heavy (non-hydrogen) atoms. The van der Waals surface area contributed by atoms with Crippen molar-refractivity contribution in [2.45, 2.75) is 50.6 Å². The van der Waals surface area contributed by atoms with Crippen LogP contribution < -0.4 is 10.9 Å². The summed E-state index contributed by atoms with van der Waals surface area (Å²) >= 11 is 6.44. The maximum absolute atomic E-state index is 12.9. The fourth-order valence-electron chi connectivity index (χ4n) is 5.05. The summed E-state index contributed by atoms with van der Waals surface area (Å²) in [6.07, 6.45) is 10.0. The molecule has 2 aromatic heterocycles. The van der Waals surface area contributed by atoms with Crippen molar-refractivity contribution in [3.63, 3.8) is 0 Å². The lowest BCUT2D eigenvalue weighted by Crippen LogP contribution is -2.32. The van der Waals surface area contributed by atoms with Crippen molar-refractivity contribution < 1.29 is 4.74 Å². The molecule has 1 saturated heterocycles. The Hall–Kier alpha value is -2.31. The molecule has 5 rings (SSSR count). The number of para-hydroxylation sites is 1. The summed E-state index contributed by atoms with van der Waals surface area (Å²) in [6.45, 7) is 2.35. The first-order chi connectivity index (χ1) is 15.2. The summed E-state index contributed by atoms with van der Waals surface area (Å²) in [4.78, 5) is 12.9. The van der Waals surface area contributed by atoms with Crippen LogP contribution in [0.5, 0.6) is 0 Å². The van der Waals surface area contributed by atoms with E-state index in [4.69, 9.17) is 16.3 Å². The molecule has 3 heterocycles. The molecule has 3 aromatic rings. The predicted octanol–water partition coefficient (Wildman–Crippen LogP) is 5.05. The molecular formula is C24H29ClN4O2. The summed E-state index contributed by atoms with van der Waals surface area (Å²) in [7, 11) is 0. The Balaban J connectivity index is 1.25. The van der Waals surface area contributed by atoms with E-state index in [9.17, 15) is 4.79 Å². The fourth-order valence-corrected chi connectivity index (χ4v) is 5.26. The van der Waals surface area contributed by atoms with Crippen LogP contribution in [-0.4, -0.2) is 34.1 Å². The molecular weight excluding hydrogens is 412 g/mol. The number of aromatic nitrogens is 3. The molecule has 1 N–H and O–H groups in total. The van der Waals surface area contributed by atoms with Gasteiger partial charge in [-0.25, -0.2) is 4.68 Å². The minimum Gasteiger partial charge on any atom is -0.382 e. The second-order valence-electron chi connectivity index (χ2n) is 8.83. The number of fused-ring (bicyclic) bond motifs is 1. The average Bonchev–Trinajstić information content (AvgIpc) is 3.25. The molecule has 2 fully saturated rings. The Kier molecular flexibility index (Phi) is 6.01. The van der Waals surface area contributed by atoms with Crippen LogP contribution in [0.4, 0.5) is 5.69 Å². The maximum Gasteiger partial charge on any atom is 0.287 e. The highest BCUT2D eigenvalue weighted by atomic mass is 35.5. The van der Waals surface area contributed by atoms with Gasteiger partial charge in [-0.1, -0.05) is 29.8 Å². The molecule has 1 aromatic carbocycles. The van der Waals surface area contributed by atoms with Crippen molar-refractivity contribution in [1.29, 1.82) is 0 Å². The highest BCUT2D eigenvalue weighted by Crippen LogP contribution is 2.36. The Labute approximate surface area is 187 Å². The maximum atomic E-state index is 12.9. The Morgan fingerprint density at radius 3 is 2.71 bits per heavy atom. The van der Waals surface area contributed by atoms with E-state index in [-0.39, 0.29) is 16.6 Å². The Morgan fingerprint density at radius 2 is 1.90 bits per heavy atom. The van der Waals surface area contributed by atoms with Crippen molar-refractivity contribution in [3.8, 4) is 0 Å². The summed E-state index contributed by atoms with van der Waals surface area (Å²) < 4.78 is 9.51. The smallest absolute Gasteiger partial charge is 0.287 e. The van der Waals surface area contributed by atoms with Crippen LogP contribution in [0.15, 0.2) is 47.5 Å². The van der Waals surface area contributed by atoms with E-state index >= 15 is 0 Å². The summed E-state index contributed by atoms with van der Waals surface area (Å²) in [5, 5.41) is 9.30. The first-order valence-corrected chi connectivity index (χ1v) is 11.7. The Bertz CT molecular complexity index is 1090. The van der Waals surface area contributed by atoms with Crippen molar-refractivity contribution in [2.24, 2.45) is 5.92 Å². The van der Waals surface area contributed by atoms with Gasteiger partial charge in [-0.2, -0.15) is 5.10 Å². The third-order valence-corrected chi connectivity index (χ3v) is 7.18. The lowest BCUT2D eigenvalue weighted by atomic mass is 9.91. The lowest BCUT2D eigenvalue weighted by molar-refractivity contribution is 0.0595. The van der Waals surface area contributed by atoms with Crippen LogP contribution in [0.25, 0.3) is 10.9 Å². The summed E-state index contributed by atoms with van der Waals surface area (Å²) in [5.74, 6) is 0.451. The van der Waals surface area contributed by atoms with E-state index in [0.29, 0.717) is 17.6 Å². The average molecular weight is 441 g/mol. The molecule has 7 heteroatoms. The van der Waals surface area contributed by atoms with Gasteiger partial charge in [0.1, 0.15) is 5.02 Å². The van der Waals surface area contributed by atoms with Crippen LogP contribution in [0.2, 0.25) is 5.02 Å². The highest BCUT2D eigenvalue weighted by molar-refractivity contribution is 6.32. The minimum absolute atomic E-state index is 0.101.